The lowest BCUT2D eigenvalue weighted by Crippen LogP contribution is -2.31. The first-order valence-electron chi connectivity index (χ1n) is 5.93. The minimum absolute atomic E-state index is 0.662. The van der Waals surface area contributed by atoms with Gasteiger partial charge in [-0.1, -0.05) is 38.8 Å². The van der Waals surface area contributed by atoms with Crippen molar-refractivity contribution < 1.29 is 0 Å². The Kier molecular flexibility index (Phi) is 2.95. The number of allylic oxidation sites excluding steroid dienone is 2. The molecule has 0 amide bonds. The van der Waals surface area contributed by atoms with Gasteiger partial charge in [-0.3, -0.25) is 0 Å². The number of hydrogen-bond donors (Lipinski definition) is 0. The van der Waals surface area contributed by atoms with Crippen molar-refractivity contribution in [2.75, 3.05) is 6.54 Å². The molecule has 1 atom stereocenters. The highest BCUT2D eigenvalue weighted by Gasteiger charge is 2.19. The van der Waals surface area contributed by atoms with E-state index in [-0.39, 0.29) is 0 Å². The van der Waals surface area contributed by atoms with E-state index in [2.05, 4.69) is 37.1 Å². The van der Waals surface area contributed by atoms with Crippen molar-refractivity contribution in [1.29, 1.82) is 0 Å². The molecule has 14 heavy (non-hydrogen) atoms. The molecule has 2 heterocycles. The molecule has 1 heteroatoms. The van der Waals surface area contributed by atoms with Crippen molar-refractivity contribution in [1.82, 2.24) is 4.90 Å². The molecule has 1 fully saturated rings. The summed E-state index contributed by atoms with van der Waals surface area (Å²) in [6, 6.07) is 0.694. The maximum absolute atomic E-state index is 2.54. The van der Waals surface area contributed by atoms with Crippen LogP contribution in [0.4, 0.5) is 0 Å². The third-order valence-corrected chi connectivity index (χ3v) is 3.33. The van der Waals surface area contributed by atoms with Gasteiger partial charge < -0.3 is 4.90 Å². The van der Waals surface area contributed by atoms with Crippen molar-refractivity contribution >= 4 is 0 Å². The molecule has 78 valence electrons. The minimum Gasteiger partial charge on any atom is -0.371 e. The van der Waals surface area contributed by atoms with Gasteiger partial charge in [0, 0.05) is 18.8 Å². The van der Waals surface area contributed by atoms with Gasteiger partial charge in [0.15, 0.2) is 0 Å². The molecular weight excluding hydrogens is 170 g/mol. The molecule has 2 aliphatic rings. The van der Waals surface area contributed by atoms with Crippen molar-refractivity contribution in [2.24, 2.45) is 5.92 Å². The fraction of sp³-hybridized carbons (Fsp3) is 0.692. The third kappa shape index (κ3) is 2.02. The second-order valence-electron chi connectivity index (χ2n) is 4.80. The summed E-state index contributed by atoms with van der Waals surface area (Å²) in [5.41, 5.74) is 1.49. The normalized spacial score (nSPS) is 27.2. The van der Waals surface area contributed by atoms with Gasteiger partial charge in [0.25, 0.3) is 0 Å². The molecule has 1 saturated heterocycles. The van der Waals surface area contributed by atoms with Crippen LogP contribution in [-0.4, -0.2) is 17.5 Å². The molecule has 0 spiro atoms. The smallest absolute Gasteiger partial charge is 0.0470 e. The third-order valence-electron chi connectivity index (χ3n) is 3.33. The molecule has 0 saturated carbocycles. The van der Waals surface area contributed by atoms with E-state index >= 15 is 0 Å². The van der Waals surface area contributed by atoms with Gasteiger partial charge in [-0.25, -0.2) is 0 Å². The van der Waals surface area contributed by atoms with E-state index < -0.39 is 0 Å². The van der Waals surface area contributed by atoms with Crippen LogP contribution in [0.15, 0.2) is 23.9 Å². The lowest BCUT2D eigenvalue weighted by molar-refractivity contribution is 0.317. The lowest BCUT2D eigenvalue weighted by Gasteiger charge is -2.31. The van der Waals surface area contributed by atoms with Gasteiger partial charge in [-0.05, 0) is 24.3 Å². The summed E-state index contributed by atoms with van der Waals surface area (Å²) >= 11 is 0. The fourth-order valence-corrected chi connectivity index (χ4v) is 2.32. The largest absolute Gasteiger partial charge is 0.371 e. The lowest BCUT2D eigenvalue weighted by atomic mass is 9.98. The number of rotatable bonds is 1. The highest BCUT2D eigenvalue weighted by atomic mass is 15.1. The van der Waals surface area contributed by atoms with Crippen LogP contribution in [0.3, 0.4) is 0 Å². The Morgan fingerprint density at radius 1 is 1.29 bits per heavy atom. The SMILES string of the molecule is CC(C)C1=CN2CCCCCC2C=C1. The van der Waals surface area contributed by atoms with E-state index in [0.717, 1.165) is 0 Å². The van der Waals surface area contributed by atoms with Crippen LogP contribution in [0.25, 0.3) is 0 Å². The van der Waals surface area contributed by atoms with Crippen LogP contribution >= 0.6 is 0 Å². The van der Waals surface area contributed by atoms with Gasteiger partial charge in [0.1, 0.15) is 0 Å². The van der Waals surface area contributed by atoms with Crippen molar-refractivity contribution in [3.63, 3.8) is 0 Å². The first kappa shape index (κ1) is 9.82. The van der Waals surface area contributed by atoms with E-state index in [1.54, 1.807) is 0 Å². The highest BCUT2D eigenvalue weighted by Crippen LogP contribution is 2.25. The average molecular weight is 191 g/mol. The van der Waals surface area contributed by atoms with Gasteiger partial charge in [-0.15, -0.1) is 0 Å². The van der Waals surface area contributed by atoms with Crippen LogP contribution in [-0.2, 0) is 0 Å². The van der Waals surface area contributed by atoms with E-state index in [1.165, 1.54) is 37.8 Å². The molecule has 2 aliphatic heterocycles. The van der Waals surface area contributed by atoms with Gasteiger partial charge in [0.2, 0.25) is 0 Å². The van der Waals surface area contributed by atoms with Gasteiger partial charge in [-0.2, -0.15) is 0 Å². The first-order chi connectivity index (χ1) is 6.77. The summed E-state index contributed by atoms with van der Waals surface area (Å²) in [5.74, 6) is 0.662. The monoisotopic (exact) mass is 191 g/mol. The molecule has 0 bridgehead atoms. The fourth-order valence-electron chi connectivity index (χ4n) is 2.32. The zero-order valence-corrected chi connectivity index (χ0v) is 9.37. The Balaban J connectivity index is 2.11. The predicted octanol–water partition coefficient (Wildman–Crippen LogP) is 3.34. The molecular formula is C13H21N. The zero-order chi connectivity index (χ0) is 9.97. The molecule has 1 unspecified atom stereocenters. The van der Waals surface area contributed by atoms with Crippen LogP contribution in [0, 0.1) is 5.92 Å². The predicted molar refractivity (Wildman–Crippen MR) is 61.0 cm³/mol. The molecule has 0 aliphatic carbocycles. The summed E-state index contributed by atoms with van der Waals surface area (Å²) in [4.78, 5) is 2.54. The van der Waals surface area contributed by atoms with Crippen molar-refractivity contribution in [2.45, 2.75) is 45.6 Å². The Hall–Kier alpha value is -0.720. The summed E-state index contributed by atoms with van der Waals surface area (Å²) < 4.78 is 0. The molecule has 1 nitrogen and oxygen atoms in total. The average Bonchev–Trinajstić information content (AvgIpc) is 2.41. The molecule has 0 N–H and O–H groups in total. The summed E-state index contributed by atoms with van der Waals surface area (Å²) in [6.07, 6.45) is 12.6. The van der Waals surface area contributed by atoms with Gasteiger partial charge in [0.05, 0.1) is 0 Å². The van der Waals surface area contributed by atoms with E-state index in [4.69, 9.17) is 0 Å². The maximum Gasteiger partial charge on any atom is 0.0470 e. The van der Waals surface area contributed by atoms with Crippen LogP contribution in [0.5, 0.6) is 0 Å². The Labute approximate surface area is 87.5 Å². The van der Waals surface area contributed by atoms with E-state index in [0.29, 0.717) is 12.0 Å². The van der Waals surface area contributed by atoms with E-state index in [9.17, 15) is 0 Å². The quantitative estimate of drug-likeness (QED) is 0.614. The Morgan fingerprint density at radius 2 is 2.14 bits per heavy atom. The van der Waals surface area contributed by atoms with Crippen LogP contribution < -0.4 is 0 Å². The molecule has 0 radical (unpaired) electrons. The summed E-state index contributed by atoms with van der Waals surface area (Å²) in [7, 11) is 0. The molecule has 0 aromatic heterocycles. The standard InChI is InChI=1S/C13H21N/c1-11(2)12-7-8-13-6-4-3-5-9-14(13)10-12/h7-8,10-11,13H,3-6,9H2,1-2H3. The molecule has 0 aromatic carbocycles. The highest BCUT2D eigenvalue weighted by molar-refractivity contribution is 5.26. The van der Waals surface area contributed by atoms with Crippen molar-refractivity contribution in [3.8, 4) is 0 Å². The van der Waals surface area contributed by atoms with Crippen LogP contribution in [0.1, 0.15) is 39.5 Å². The Bertz CT molecular complexity index is 250. The zero-order valence-electron chi connectivity index (χ0n) is 9.37. The number of fused-ring (bicyclic) bond motifs is 1. The maximum atomic E-state index is 2.54. The van der Waals surface area contributed by atoms with Crippen LogP contribution in [0.2, 0.25) is 0 Å². The second kappa shape index (κ2) is 4.20. The molecule has 0 aromatic rings. The first-order valence-corrected chi connectivity index (χ1v) is 5.93. The number of hydrogen-bond acceptors (Lipinski definition) is 1. The summed E-state index contributed by atoms with van der Waals surface area (Å²) in [6.45, 7) is 5.80. The summed E-state index contributed by atoms with van der Waals surface area (Å²) in [5, 5.41) is 0. The minimum atomic E-state index is 0.662. The van der Waals surface area contributed by atoms with Crippen molar-refractivity contribution in [3.05, 3.63) is 23.9 Å². The number of nitrogens with zero attached hydrogens (tertiary/aromatic N) is 1. The van der Waals surface area contributed by atoms with Gasteiger partial charge >= 0.3 is 0 Å². The Morgan fingerprint density at radius 3 is 2.93 bits per heavy atom. The molecule has 2 rings (SSSR count). The van der Waals surface area contributed by atoms with E-state index in [1.807, 2.05) is 0 Å². The topological polar surface area (TPSA) is 3.24 Å². The second-order valence-corrected chi connectivity index (χ2v) is 4.80.